The fourth-order valence-electron chi connectivity index (χ4n) is 2.94. The lowest BCUT2D eigenvalue weighted by Crippen LogP contribution is -2.13. The summed E-state index contributed by atoms with van der Waals surface area (Å²) in [5.74, 6) is 0.556. The van der Waals surface area contributed by atoms with E-state index in [1.54, 1.807) is 28.7 Å². The summed E-state index contributed by atoms with van der Waals surface area (Å²) >= 11 is 1.66. The number of rotatable bonds is 6. The van der Waals surface area contributed by atoms with Gasteiger partial charge in [0.05, 0.1) is 10.7 Å². The summed E-state index contributed by atoms with van der Waals surface area (Å²) in [6.45, 7) is 1.94. The Bertz CT molecular complexity index is 1110. The fourth-order valence-corrected chi connectivity index (χ4v) is 3.74. The minimum Gasteiger partial charge on any atom is -0.321 e. The molecule has 144 valence electrons. The molecule has 0 atom stereocenters. The Morgan fingerprint density at radius 3 is 2.62 bits per heavy atom. The first-order valence-corrected chi connectivity index (χ1v) is 10.2. The highest BCUT2D eigenvalue weighted by Crippen LogP contribution is 2.22. The van der Waals surface area contributed by atoms with Gasteiger partial charge in [0.1, 0.15) is 0 Å². The Morgan fingerprint density at radius 1 is 1.00 bits per heavy atom. The van der Waals surface area contributed by atoms with E-state index in [2.05, 4.69) is 15.4 Å². The summed E-state index contributed by atoms with van der Waals surface area (Å²) in [5, 5.41) is 8.39. The molecule has 0 fully saturated rings. The molecule has 0 aliphatic rings. The summed E-state index contributed by atoms with van der Waals surface area (Å²) in [6, 6.07) is 25.3. The minimum atomic E-state index is -0.225. The van der Waals surface area contributed by atoms with E-state index in [1.165, 1.54) is 0 Å². The van der Waals surface area contributed by atoms with Crippen LogP contribution in [0.4, 0.5) is 5.69 Å². The van der Waals surface area contributed by atoms with Crippen molar-refractivity contribution in [3.05, 3.63) is 102 Å². The maximum atomic E-state index is 12.7. The number of hydrogen-bond acceptors (Lipinski definition) is 4. The molecule has 29 heavy (non-hydrogen) atoms. The molecule has 6 heteroatoms. The van der Waals surface area contributed by atoms with Crippen LogP contribution in [0.25, 0.3) is 5.69 Å². The topological polar surface area (TPSA) is 59.8 Å². The van der Waals surface area contributed by atoms with E-state index >= 15 is 0 Å². The molecule has 0 aliphatic carbocycles. The number of pyridine rings is 1. The first kappa shape index (κ1) is 19.0. The van der Waals surface area contributed by atoms with Crippen molar-refractivity contribution in [1.29, 1.82) is 0 Å². The fraction of sp³-hybridized carbons (Fsp3) is 0.0870. The van der Waals surface area contributed by atoms with Gasteiger partial charge in [0, 0.05) is 23.3 Å². The van der Waals surface area contributed by atoms with Crippen LogP contribution in [0.5, 0.6) is 0 Å². The molecule has 2 heterocycles. The van der Waals surface area contributed by atoms with Crippen molar-refractivity contribution in [3.63, 3.8) is 0 Å². The van der Waals surface area contributed by atoms with Gasteiger partial charge in [0.15, 0.2) is 5.69 Å². The molecule has 4 aromatic rings. The summed E-state index contributed by atoms with van der Waals surface area (Å²) in [6.07, 6.45) is 1.79. The third-order valence-corrected chi connectivity index (χ3v) is 5.35. The summed E-state index contributed by atoms with van der Waals surface area (Å²) in [7, 11) is 0. The van der Waals surface area contributed by atoms with Crippen LogP contribution >= 0.6 is 11.8 Å². The number of hydrogen-bond donors (Lipinski definition) is 1. The molecule has 0 radical (unpaired) electrons. The second-order valence-corrected chi connectivity index (χ2v) is 7.53. The van der Waals surface area contributed by atoms with Crippen LogP contribution in [-0.4, -0.2) is 20.7 Å². The number of carbonyl (C=O) groups is 1. The van der Waals surface area contributed by atoms with Crippen LogP contribution < -0.4 is 5.32 Å². The lowest BCUT2D eigenvalue weighted by atomic mass is 10.2. The van der Waals surface area contributed by atoms with Crippen molar-refractivity contribution in [2.24, 2.45) is 0 Å². The van der Waals surface area contributed by atoms with Gasteiger partial charge in [-0.1, -0.05) is 36.4 Å². The lowest BCUT2D eigenvalue weighted by molar-refractivity contribution is 0.102. The van der Waals surface area contributed by atoms with Crippen molar-refractivity contribution >= 4 is 23.4 Å². The molecule has 4 rings (SSSR count). The Morgan fingerprint density at radius 2 is 1.83 bits per heavy atom. The van der Waals surface area contributed by atoms with Gasteiger partial charge >= 0.3 is 0 Å². The number of aromatic nitrogens is 3. The predicted octanol–water partition coefficient (Wildman–Crippen LogP) is 5.12. The van der Waals surface area contributed by atoms with Gasteiger partial charge in [-0.25, -0.2) is 9.67 Å². The van der Waals surface area contributed by atoms with Gasteiger partial charge in [-0.3, -0.25) is 4.79 Å². The average molecular weight is 401 g/mol. The van der Waals surface area contributed by atoms with Gasteiger partial charge in [-0.15, -0.1) is 11.8 Å². The summed E-state index contributed by atoms with van der Waals surface area (Å²) in [4.78, 5) is 17.0. The Hall–Kier alpha value is -3.38. The van der Waals surface area contributed by atoms with Crippen molar-refractivity contribution in [3.8, 4) is 5.69 Å². The van der Waals surface area contributed by atoms with Crippen molar-refractivity contribution in [2.75, 3.05) is 5.32 Å². The molecule has 1 N–H and O–H groups in total. The van der Waals surface area contributed by atoms with Crippen LogP contribution in [0.2, 0.25) is 0 Å². The van der Waals surface area contributed by atoms with E-state index in [1.807, 2.05) is 79.7 Å². The molecule has 0 unspecified atom stereocenters. The molecular weight excluding hydrogens is 380 g/mol. The number of nitrogens with one attached hydrogen (secondary N) is 1. The van der Waals surface area contributed by atoms with Crippen molar-refractivity contribution in [2.45, 2.75) is 17.7 Å². The SMILES string of the molecule is Cc1cc(C(=O)Nc2cccc(CSc3ccccn3)c2)nn1-c1ccccc1. The van der Waals surface area contributed by atoms with Crippen LogP contribution in [0.3, 0.4) is 0 Å². The molecule has 0 spiro atoms. The zero-order valence-electron chi connectivity index (χ0n) is 15.9. The number of benzene rings is 2. The number of thioether (sulfide) groups is 1. The highest BCUT2D eigenvalue weighted by atomic mass is 32.2. The molecular formula is C23H20N4OS. The van der Waals surface area contributed by atoms with E-state index in [4.69, 9.17) is 0 Å². The first-order valence-electron chi connectivity index (χ1n) is 9.25. The van der Waals surface area contributed by atoms with E-state index in [-0.39, 0.29) is 5.91 Å². The quantitative estimate of drug-likeness (QED) is 0.456. The zero-order chi connectivity index (χ0) is 20.1. The van der Waals surface area contributed by atoms with Crippen molar-refractivity contribution < 1.29 is 4.79 Å². The molecule has 5 nitrogen and oxygen atoms in total. The van der Waals surface area contributed by atoms with Crippen LogP contribution in [0.1, 0.15) is 21.7 Å². The lowest BCUT2D eigenvalue weighted by Gasteiger charge is -2.06. The van der Waals surface area contributed by atoms with Gasteiger partial charge in [0.25, 0.3) is 5.91 Å². The van der Waals surface area contributed by atoms with Crippen molar-refractivity contribution in [1.82, 2.24) is 14.8 Å². The molecule has 0 saturated heterocycles. The smallest absolute Gasteiger partial charge is 0.276 e. The third kappa shape index (κ3) is 4.73. The largest absolute Gasteiger partial charge is 0.321 e. The standard InChI is InChI=1S/C23H20N4OS/c1-17-14-21(26-27(17)20-10-3-2-4-11-20)23(28)25-19-9-7-8-18(15-19)16-29-22-12-5-6-13-24-22/h2-15H,16H2,1H3,(H,25,28). The van der Waals surface area contributed by atoms with Gasteiger partial charge in [-0.05, 0) is 55.0 Å². The third-order valence-electron chi connectivity index (χ3n) is 4.33. The zero-order valence-corrected chi connectivity index (χ0v) is 16.8. The van der Waals surface area contributed by atoms with Crippen LogP contribution in [0.15, 0.2) is 90.1 Å². The van der Waals surface area contributed by atoms with Crippen LogP contribution in [0, 0.1) is 6.92 Å². The molecule has 2 aromatic carbocycles. The molecule has 1 amide bonds. The van der Waals surface area contributed by atoms with Gasteiger partial charge in [0.2, 0.25) is 0 Å². The highest BCUT2D eigenvalue weighted by Gasteiger charge is 2.13. The monoisotopic (exact) mass is 400 g/mol. The first-order chi connectivity index (χ1) is 14.2. The number of aryl methyl sites for hydroxylation is 1. The van der Waals surface area contributed by atoms with E-state index < -0.39 is 0 Å². The maximum absolute atomic E-state index is 12.7. The average Bonchev–Trinajstić information content (AvgIpc) is 3.16. The minimum absolute atomic E-state index is 0.225. The normalized spacial score (nSPS) is 10.7. The molecule has 2 aromatic heterocycles. The van der Waals surface area contributed by atoms with Crippen LogP contribution in [-0.2, 0) is 5.75 Å². The Kier molecular flexibility index (Phi) is 5.72. The number of nitrogens with zero attached hydrogens (tertiary/aromatic N) is 3. The number of carbonyl (C=O) groups excluding carboxylic acids is 1. The Labute approximate surface area is 173 Å². The highest BCUT2D eigenvalue weighted by molar-refractivity contribution is 7.98. The second-order valence-electron chi connectivity index (χ2n) is 6.53. The molecule has 0 saturated carbocycles. The number of amides is 1. The second kappa shape index (κ2) is 8.75. The summed E-state index contributed by atoms with van der Waals surface area (Å²) < 4.78 is 1.77. The van der Waals surface area contributed by atoms with Gasteiger partial charge in [-0.2, -0.15) is 5.10 Å². The predicted molar refractivity (Wildman–Crippen MR) is 116 cm³/mol. The number of para-hydroxylation sites is 1. The van der Waals surface area contributed by atoms with E-state index in [0.717, 1.165) is 33.4 Å². The maximum Gasteiger partial charge on any atom is 0.276 e. The molecule has 0 aliphatic heterocycles. The van der Waals surface area contributed by atoms with E-state index in [9.17, 15) is 4.79 Å². The van der Waals surface area contributed by atoms with E-state index in [0.29, 0.717) is 5.69 Å². The summed E-state index contributed by atoms with van der Waals surface area (Å²) in [5.41, 5.74) is 4.09. The number of anilines is 1. The Balaban J connectivity index is 1.45. The molecule has 0 bridgehead atoms. The van der Waals surface area contributed by atoms with Gasteiger partial charge < -0.3 is 5.32 Å².